The van der Waals surface area contributed by atoms with Gasteiger partial charge in [0.2, 0.25) is 0 Å². The van der Waals surface area contributed by atoms with Gasteiger partial charge in [-0.1, -0.05) is 32.0 Å². The summed E-state index contributed by atoms with van der Waals surface area (Å²) in [6.45, 7) is 4.09. The van der Waals surface area contributed by atoms with Crippen molar-refractivity contribution in [1.82, 2.24) is 20.3 Å². The van der Waals surface area contributed by atoms with Gasteiger partial charge in [-0.05, 0) is 84.9 Å². The maximum Gasteiger partial charge on any atom is 0.254 e. The molecule has 45 heavy (non-hydrogen) atoms. The molecule has 2 amide bonds. The minimum absolute atomic E-state index is 0.213. The van der Waals surface area contributed by atoms with Crippen molar-refractivity contribution in [1.29, 1.82) is 0 Å². The summed E-state index contributed by atoms with van der Waals surface area (Å²) in [5, 5.41) is 7.07. The number of carbonyl (C=O) groups excluding carboxylic acids is 2. The zero-order valence-electron chi connectivity index (χ0n) is 25.5. The van der Waals surface area contributed by atoms with Crippen LogP contribution in [0.15, 0.2) is 60.9 Å². The van der Waals surface area contributed by atoms with E-state index in [1.165, 1.54) is 54.0 Å². The molecule has 0 bridgehead atoms. The van der Waals surface area contributed by atoms with E-state index in [2.05, 4.69) is 26.7 Å². The number of amides is 2. The first-order chi connectivity index (χ1) is 21.7. The molecule has 5 aromatic rings. The predicted octanol–water partition coefficient (Wildman–Crippen LogP) is 6.43. The van der Waals surface area contributed by atoms with Crippen LogP contribution in [-0.2, 0) is 25.7 Å². The maximum atomic E-state index is 13.4. The van der Waals surface area contributed by atoms with Crippen LogP contribution >= 0.6 is 11.3 Å². The van der Waals surface area contributed by atoms with Gasteiger partial charge in [-0.15, -0.1) is 11.3 Å². The fourth-order valence-electron chi connectivity index (χ4n) is 6.12. The summed E-state index contributed by atoms with van der Waals surface area (Å²) in [6, 6.07) is 13.8. The summed E-state index contributed by atoms with van der Waals surface area (Å²) in [6.07, 6.45) is 8.30. The number of anilines is 1. The van der Waals surface area contributed by atoms with Crippen LogP contribution in [0.1, 0.15) is 75.2 Å². The van der Waals surface area contributed by atoms with E-state index in [0.717, 1.165) is 26.3 Å². The molecular formula is C35H35FN6O2S. The van der Waals surface area contributed by atoms with E-state index in [0.29, 0.717) is 35.4 Å². The lowest BCUT2D eigenvalue weighted by atomic mass is 9.91. The Bertz CT molecular complexity index is 1880. The van der Waals surface area contributed by atoms with Crippen LogP contribution in [0.5, 0.6) is 0 Å². The second-order valence-electron chi connectivity index (χ2n) is 11.8. The lowest BCUT2D eigenvalue weighted by Crippen LogP contribution is -2.21. The number of carbonyl (C=O) groups is 2. The molecule has 0 radical (unpaired) electrons. The van der Waals surface area contributed by atoms with Gasteiger partial charge in [0.1, 0.15) is 11.6 Å². The third-order valence-electron chi connectivity index (χ3n) is 8.12. The van der Waals surface area contributed by atoms with Crippen molar-refractivity contribution >= 4 is 39.1 Å². The average molecular weight is 623 g/mol. The highest BCUT2D eigenvalue weighted by Crippen LogP contribution is 2.44. The zero-order valence-corrected chi connectivity index (χ0v) is 26.3. The summed E-state index contributed by atoms with van der Waals surface area (Å²) >= 11 is 1.45. The van der Waals surface area contributed by atoms with Crippen molar-refractivity contribution in [2.45, 2.75) is 52.0 Å². The molecule has 0 saturated carbocycles. The number of halogens is 1. The largest absolute Gasteiger partial charge is 0.372 e. The third kappa shape index (κ3) is 6.15. The number of nitrogens with one attached hydrogen (secondary N) is 2. The van der Waals surface area contributed by atoms with E-state index >= 15 is 0 Å². The quantitative estimate of drug-likeness (QED) is 0.192. The van der Waals surface area contributed by atoms with Crippen LogP contribution in [0, 0.1) is 11.7 Å². The van der Waals surface area contributed by atoms with Gasteiger partial charge in [-0.25, -0.2) is 9.37 Å². The number of primary amides is 1. The van der Waals surface area contributed by atoms with Crippen molar-refractivity contribution in [2.75, 3.05) is 12.4 Å². The van der Waals surface area contributed by atoms with E-state index in [1.807, 2.05) is 38.2 Å². The third-order valence-corrected chi connectivity index (χ3v) is 9.30. The SMILES string of the molecule is CNc1nccc2cc(-c3c(C(N)=O)c(CC(C)C)nc4c3C(=O)NC4Cc3ccc(F)cc3)sc12.c1cnc2c(c1)CCC2. The molecule has 5 heterocycles. The fraction of sp³-hybridized carbons (Fsp3) is 0.286. The van der Waals surface area contributed by atoms with Gasteiger partial charge < -0.3 is 16.4 Å². The van der Waals surface area contributed by atoms with Crippen LogP contribution in [0.3, 0.4) is 0 Å². The highest BCUT2D eigenvalue weighted by atomic mass is 32.1. The number of rotatable bonds is 7. The van der Waals surface area contributed by atoms with Crippen LogP contribution < -0.4 is 16.4 Å². The average Bonchev–Trinajstić information content (AvgIpc) is 3.75. The van der Waals surface area contributed by atoms with Crippen molar-refractivity contribution in [3.63, 3.8) is 0 Å². The number of thiophene rings is 1. The van der Waals surface area contributed by atoms with Gasteiger partial charge in [0.05, 0.1) is 33.3 Å². The monoisotopic (exact) mass is 622 g/mol. The number of fused-ring (bicyclic) bond motifs is 3. The molecule has 2 aliphatic rings. The molecule has 1 aliphatic heterocycles. The molecule has 0 fully saturated rings. The van der Waals surface area contributed by atoms with Crippen molar-refractivity contribution in [3.05, 3.63) is 106 Å². The van der Waals surface area contributed by atoms with E-state index < -0.39 is 11.9 Å². The number of benzene rings is 1. The van der Waals surface area contributed by atoms with Crippen molar-refractivity contribution in [3.8, 4) is 10.4 Å². The maximum absolute atomic E-state index is 13.4. The number of aromatic nitrogens is 3. The van der Waals surface area contributed by atoms with E-state index in [-0.39, 0.29) is 23.2 Å². The van der Waals surface area contributed by atoms with Gasteiger partial charge in [0.15, 0.2) is 0 Å². The summed E-state index contributed by atoms with van der Waals surface area (Å²) < 4.78 is 14.4. The Balaban J connectivity index is 0.000000337. The molecule has 4 N–H and O–H groups in total. The second kappa shape index (κ2) is 12.7. The number of hydrogen-bond donors (Lipinski definition) is 3. The molecule has 1 unspecified atom stereocenters. The topological polar surface area (TPSA) is 123 Å². The molecule has 1 aromatic carbocycles. The number of nitrogens with two attached hydrogens (primary N) is 1. The van der Waals surface area contributed by atoms with Crippen LogP contribution in [0.2, 0.25) is 0 Å². The van der Waals surface area contributed by atoms with E-state index in [1.54, 1.807) is 25.4 Å². The van der Waals surface area contributed by atoms with Crippen molar-refractivity contribution < 1.29 is 14.0 Å². The number of aryl methyl sites for hydroxylation is 2. The first kappa shape index (κ1) is 30.3. The highest BCUT2D eigenvalue weighted by molar-refractivity contribution is 7.22. The van der Waals surface area contributed by atoms with E-state index in [4.69, 9.17) is 10.7 Å². The second-order valence-corrected chi connectivity index (χ2v) is 12.8. The summed E-state index contributed by atoms with van der Waals surface area (Å²) in [4.78, 5) is 40.5. The van der Waals surface area contributed by atoms with Crippen LogP contribution in [0.4, 0.5) is 10.2 Å². The Morgan fingerprint density at radius 3 is 2.62 bits per heavy atom. The Morgan fingerprint density at radius 2 is 1.91 bits per heavy atom. The lowest BCUT2D eigenvalue weighted by molar-refractivity contribution is 0.0956. The highest BCUT2D eigenvalue weighted by Gasteiger charge is 2.37. The summed E-state index contributed by atoms with van der Waals surface area (Å²) in [7, 11) is 1.80. The lowest BCUT2D eigenvalue weighted by Gasteiger charge is -2.17. The van der Waals surface area contributed by atoms with E-state index in [9.17, 15) is 14.0 Å². The van der Waals surface area contributed by atoms with Gasteiger partial charge in [-0.3, -0.25) is 19.6 Å². The smallest absolute Gasteiger partial charge is 0.254 e. The predicted molar refractivity (Wildman–Crippen MR) is 176 cm³/mol. The number of pyridine rings is 3. The molecule has 4 aromatic heterocycles. The van der Waals surface area contributed by atoms with Gasteiger partial charge in [-0.2, -0.15) is 0 Å². The van der Waals surface area contributed by atoms with Crippen LogP contribution in [0.25, 0.3) is 20.5 Å². The summed E-state index contributed by atoms with van der Waals surface area (Å²) in [5.41, 5.74) is 11.9. The fourth-order valence-corrected chi connectivity index (χ4v) is 7.33. The zero-order chi connectivity index (χ0) is 31.7. The minimum atomic E-state index is -0.616. The van der Waals surface area contributed by atoms with Crippen LogP contribution in [-0.4, -0.2) is 33.8 Å². The molecule has 0 saturated heterocycles. The summed E-state index contributed by atoms with van der Waals surface area (Å²) in [5.74, 6) is -0.306. The van der Waals surface area contributed by atoms with Gasteiger partial charge >= 0.3 is 0 Å². The number of nitrogens with zero attached hydrogens (tertiary/aromatic N) is 3. The Labute approximate surface area is 265 Å². The van der Waals surface area contributed by atoms with Crippen molar-refractivity contribution in [2.24, 2.45) is 11.7 Å². The first-order valence-electron chi connectivity index (χ1n) is 15.1. The molecular weight excluding hydrogens is 587 g/mol. The van der Waals surface area contributed by atoms with Gasteiger partial charge in [0, 0.05) is 35.6 Å². The minimum Gasteiger partial charge on any atom is -0.372 e. The molecule has 1 atom stereocenters. The molecule has 10 heteroatoms. The first-order valence-corrected chi connectivity index (χ1v) is 16.0. The van der Waals surface area contributed by atoms with Gasteiger partial charge in [0.25, 0.3) is 11.8 Å². The molecule has 1 aliphatic carbocycles. The molecule has 230 valence electrons. The Kier molecular flexibility index (Phi) is 8.58. The standard InChI is InChI=1S/C27H26FN5O2S.C8H9N/c1-13(2)10-17-20(25(29)34)21(19-12-15-8-9-31-26(30-3)24(15)36-19)22-23(32-17)18(33-27(22)35)11-14-4-6-16(28)7-5-14;1-3-7-4-2-6-9-8(7)5-1/h4-9,12-13,18H,10-11H2,1-3H3,(H2,29,34)(H,30,31)(H,33,35);2,4,6H,1,3,5H2. The number of hydrogen-bond acceptors (Lipinski definition) is 7. The molecule has 0 spiro atoms. The Morgan fingerprint density at radius 1 is 1.11 bits per heavy atom. The molecule has 7 rings (SSSR count). The normalized spacial score (nSPS) is 15.0. The Hall–Kier alpha value is -4.70. The molecule has 8 nitrogen and oxygen atoms in total.